The van der Waals surface area contributed by atoms with Crippen LogP contribution in [0.3, 0.4) is 0 Å². The Morgan fingerprint density at radius 1 is 1.00 bits per heavy atom. The number of hydrogen-bond donors (Lipinski definition) is 2. The molecule has 2 N–H and O–H groups in total. The zero-order valence-corrected chi connectivity index (χ0v) is 21.0. The van der Waals surface area contributed by atoms with Gasteiger partial charge in [-0.25, -0.2) is 4.79 Å². The van der Waals surface area contributed by atoms with Crippen LogP contribution in [-0.4, -0.2) is 58.5 Å². The second-order valence-corrected chi connectivity index (χ2v) is 10.7. The Hall–Kier alpha value is -2.12. The van der Waals surface area contributed by atoms with E-state index >= 15 is 0 Å². The molecule has 1 aromatic carbocycles. The fraction of sp³-hybridized carbons (Fsp3) is 0.680. The van der Waals surface area contributed by atoms with Gasteiger partial charge in [0, 0.05) is 13.1 Å². The summed E-state index contributed by atoms with van der Waals surface area (Å²) in [6.07, 6.45) is -0.883. The van der Waals surface area contributed by atoms with Gasteiger partial charge in [0.05, 0.1) is 18.7 Å². The molecule has 7 heteroatoms. The van der Waals surface area contributed by atoms with Crippen molar-refractivity contribution in [2.24, 2.45) is 5.92 Å². The highest BCUT2D eigenvalue weighted by Gasteiger charge is 2.28. The van der Waals surface area contributed by atoms with Gasteiger partial charge in [-0.1, -0.05) is 44.2 Å². The molecular formula is C25H42N2O5. The predicted molar refractivity (Wildman–Crippen MR) is 126 cm³/mol. The van der Waals surface area contributed by atoms with Gasteiger partial charge in [-0.05, 0) is 59.4 Å². The predicted octanol–water partition coefficient (Wildman–Crippen LogP) is 4.13. The Labute approximate surface area is 193 Å². The van der Waals surface area contributed by atoms with Crippen molar-refractivity contribution in [3.8, 4) is 0 Å². The van der Waals surface area contributed by atoms with E-state index in [1.807, 2.05) is 69.9 Å². The molecule has 0 bridgehead atoms. The van der Waals surface area contributed by atoms with E-state index in [0.29, 0.717) is 13.0 Å². The zero-order valence-electron chi connectivity index (χ0n) is 21.0. The lowest BCUT2D eigenvalue weighted by atomic mass is 9.98. The first-order valence-electron chi connectivity index (χ1n) is 11.3. The number of amides is 1. The van der Waals surface area contributed by atoms with Crippen LogP contribution in [0.2, 0.25) is 0 Å². The molecule has 0 spiro atoms. The van der Waals surface area contributed by atoms with E-state index in [9.17, 15) is 14.7 Å². The fourth-order valence-electron chi connectivity index (χ4n) is 3.25. The van der Waals surface area contributed by atoms with E-state index in [0.717, 1.165) is 5.56 Å². The Morgan fingerprint density at radius 3 is 2.06 bits per heavy atom. The minimum absolute atomic E-state index is 0.0318. The summed E-state index contributed by atoms with van der Waals surface area (Å²) in [5.74, 6) is -0.112. The molecule has 0 aliphatic carbocycles. The second-order valence-electron chi connectivity index (χ2n) is 10.7. The molecule has 0 aliphatic rings. The van der Waals surface area contributed by atoms with Crippen molar-refractivity contribution >= 4 is 12.1 Å². The largest absolute Gasteiger partial charge is 0.459 e. The minimum Gasteiger partial charge on any atom is -0.459 e. The van der Waals surface area contributed by atoms with Crippen molar-refractivity contribution < 1.29 is 24.2 Å². The summed E-state index contributed by atoms with van der Waals surface area (Å²) in [6.45, 7) is 15.6. The second kappa shape index (κ2) is 12.2. The number of carbonyl (C=O) groups is 2. The molecule has 0 saturated heterocycles. The van der Waals surface area contributed by atoms with Crippen LogP contribution < -0.4 is 5.32 Å². The third kappa shape index (κ3) is 12.7. The number of aliphatic hydroxyl groups is 1. The van der Waals surface area contributed by atoms with Gasteiger partial charge in [0.1, 0.15) is 11.2 Å². The highest BCUT2D eigenvalue weighted by atomic mass is 16.6. The molecule has 182 valence electrons. The summed E-state index contributed by atoms with van der Waals surface area (Å²) in [7, 11) is 0. The summed E-state index contributed by atoms with van der Waals surface area (Å²) < 4.78 is 10.9. The van der Waals surface area contributed by atoms with Gasteiger partial charge in [-0.2, -0.15) is 0 Å². The van der Waals surface area contributed by atoms with Crippen LogP contribution in [0.1, 0.15) is 67.4 Å². The number of carbonyl (C=O) groups excluding carboxylic acids is 2. The van der Waals surface area contributed by atoms with Crippen molar-refractivity contribution in [3.05, 3.63) is 35.9 Å². The minimum atomic E-state index is -0.893. The van der Waals surface area contributed by atoms with E-state index in [-0.39, 0.29) is 25.0 Å². The van der Waals surface area contributed by atoms with Crippen LogP contribution >= 0.6 is 0 Å². The summed E-state index contributed by atoms with van der Waals surface area (Å²) >= 11 is 0. The van der Waals surface area contributed by atoms with E-state index in [4.69, 9.17) is 9.47 Å². The van der Waals surface area contributed by atoms with Crippen molar-refractivity contribution in [2.45, 2.75) is 91.7 Å². The first kappa shape index (κ1) is 27.9. The van der Waals surface area contributed by atoms with Gasteiger partial charge in [-0.3, -0.25) is 9.69 Å². The molecule has 1 amide bonds. The number of aliphatic hydroxyl groups excluding tert-OH is 1. The van der Waals surface area contributed by atoms with Crippen molar-refractivity contribution in [1.82, 2.24) is 10.2 Å². The number of ether oxygens (including phenoxy) is 2. The Morgan fingerprint density at radius 2 is 1.56 bits per heavy atom. The van der Waals surface area contributed by atoms with E-state index in [2.05, 4.69) is 5.32 Å². The van der Waals surface area contributed by atoms with Crippen molar-refractivity contribution in [2.75, 3.05) is 13.1 Å². The van der Waals surface area contributed by atoms with Gasteiger partial charge in [-0.15, -0.1) is 0 Å². The maximum Gasteiger partial charge on any atom is 0.407 e. The van der Waals surface area contributed by atoms with Crippen molar-refractivity contribution in [3.63, 3.8) is 0 Å². The quantitative estimate of drug-likeness (QED) is 0.521. The van der Waals surface area contributed by atoms with Gasteiger partial charge < -0.3 is 19.9 Å². The smallest absolute Gasteiger partial charge is 0.407 e. The van der Waals surface area contributed by atoms with Gasteiger partial charge in [0.15, 0.2) is 0 Å². The number of esters is 1. The van der Waals surface area contributed by atoms with Gasteiger partial charge >= 0.3 is 12.1 Å². The topological polar surface area (TPSA) is 88.1 Å². The Bertz CT molecular complexity index is 707. The number of rotatable bonds is 10. The zero-order chi connectivity index (χ0) is 24.5. The summed E-state index contributed by atoms with van der Waals surface area (Å²) in [5.41, 5.74) is -0.205. The van der Waals surface area contributed by atoms with Crippen LogP contribution in [0.25, 0.3) is 0 Å². The summed E-state index contributed by atoms with van der Waals surface area (Å²) in [5, 5.41) is 13.8. The van der Waals surface area contributed by atoms with Crippen molar-refractivity contribution in [1.29, 1.82) is 0 Å². The van der Waals surface area contributed by atoms with Crippen LogP contribution in [0.4, 0.5) is 4.79 Å². The SMILES string of the molecule is CC(C)C[C@@H](NC(=O)OC(C)(C)C)[C@@H](O)CN(CC(=O)OC(C)(C)C)Cc1ccccc1. The van der Waals surface area contributed by atoms with Crippen LogP contribution in [-0.2, 0) is 20.8 Å². The average molecular weight is 451 g/mol. The lowest BCUT2D eigenvalue weighted by molar-refractivity contribution is -0.156. The molecular weight excluding hydrogens is 408 g/mol. The third-order valence-corrected chi connectivity index (χ3v) is 4.36. The normalized spacial score (nSPS) is 14.2. The Kier molecular flexibility index (Phi) is 10.6. The van der Waals surface area contributed by atoms with Crippen LogP contribution in [0.5, 0.6) is 0 Å². The molecule has 0 unspecified atom stereocenters. The molecule has 0 aliphatic heterocycles. The lowest BCUT2D eigenvalue weighted by Crippen LogP contribution is -2.50. The molecule has 0 saturated carbocycles. The van der Waals surface area contributed by atoms with E-state index in [1.54, 1.807) is 20.8 Å². The lowest BCUT2D eigenvalue weighted by Gasteiger charge is -2.32. The summed E-state index contributed by atoms with van der Waals surface area (Å²) in [4.78, 5) is 26.7. The molecule has 0 aromatic heterocycles. The summed E-state index contributed by atoms with van der Waals surface area (Å²) in [6, 6.07) is 9.23. The number of hydrogen-bond acceptors (Lipinski definition) is 6. The number of alkyl carbamates (subject to hydrolysis) is 1. The molecule has 1 rings (SSSR count). The van der Waals surface area contributed by atoms with Crippen LogP contribution in [0.15, 0.2) is 30.3 Å². The maximum atomic E-state index is 12.5. The monoisotopic (exact) mass is 450 g/mol. The maximum absolute atomic E-state index is 12.5. The highest BCUT2D eigenvalue weighted by Crippen LogP contribution is 2.15. The van der Waals surface area contributed by atoms with E-state index in [1.165, 1.54) is 0 Å². The molecule has 7 nitrogen and oxygen atoms in total. The van der Waals surface area contributed by atoms with Gasteiger partial charge in [0.25, 0.3) is 0 Å². The highest BCUT2D eigenvalue weighted by molar-refractivity contribution is 5.72. The number of benzene rings is 1. The molecule has 32 heavy (non-hydrogen) atoms. The third-order valence-electron chi connectivity index (χ3n) is 4.36. The molecule has 0 heterocycles. The standard InChI is InChI=1S/C25H42N2O5/c1-18(2)14-20(26-23(30)32-25(6,7)8)21(28)16-27(15-19-12-10-9-11-13-19)17-22(29)31-24(3,4)5/h9-13,18,20-21,28H,14-17H2,1-8H3,(H,26,30)/t20-,21+/m1/s1. The molecule has 0 radical (unpaired) electrons. The average Bonchev–Trinajstić information content (AvgIpc) is 2.58. The molecule has 0 fully saturated rings. The van der Waals surface area contributed by atoms with E-state index < -0.39 is 29.4 Å². The first-order chi connectivity index (χ1) is 14.6. The Balaban J connectivity index is 2.95. The first-order valence-corrected chi connectivity index (χ1v) is 11.3. The van der Waals surface area contributed by atoms with Crippen LogP contribution in [0, 0.1) is 5.92 Å². The number of nitrogens with one attached hydrogen (secondary N) is 1. The fourth-order valence-corrected chi connectivity index (χ4v) is 3.25. The number of nitrogens with zero attached hydrogens (tertiary/aromatic N) is 1. The molecule has 2 atom stereocenters. The van der Waals surface area contributed by atoms with Gasteiger partial charge in [0.2, 0.25) is 0 Å². The molecule has 1 aromatic rings.